The molecule has 0 bridgehead atoms. The summed E-state index contributed by atoms with van der Waals surface area (Å²) in [7, 11) is 0. The second-order valence-electron chi connectivity index (χ2n) is 2.69. The van der Waals surface area contributed by atoms with Gasteiger partial charge in [0.05, 0.1) is 6.61 Å². The summed E-state index contributed by atoms with van der Waals surface area (Å²) in [5, 5.41) is 8.80. The third kappa shape index (κ3) is 2.97. The lowest BCUT2D eigenvalue weighted by Gasteiger charge is -1.99. The van der Waals surface area contributed by atoms with E-state index in [9.17, 15) is 4.39 Å². The van der Waals surface area contributed by atoms with Gasteiger partial charge in [-0.1, -0.05) is 12.2 Å². The number of aliphatic hydroxyl groups excluding tert-OH is 1. The largest absolute Gasteiger partial charge is 0.392 e. The lowest BCUT2D eigenvalue weighted by atomic mass is 10.1. The molecule has 0 atom stereocenters. The Morgan fingerprint density at radius 2 is 2.15 bits per heavy atom. The molecule has 0 aliphatic rings. The molecule has 2 nitrogen and oxygen atoms in total. The van der Waals surface area contributed by atoms with Crippen LogP contribution in [0.15, 0.2) is 24.3 Å². The van der Waals surface area contributed by atoms with Crippen LogP contribution < -0.4 is 5.73 Å². The summed E-state index contributed by atoms with van der Waals surface area (Å²) in [6, 6.07) is 4.42. The summed E-state index contributed by atoms with van der Waals surface area (Å²) in [6.07, 6.45) is 3.46. The molecule has 0 heterocycles. The Labute approximate surface area is 76.5 Å². The second-order valence-corrected chi connectivity index (χ2v) is 2.69. The van der Waals surface area contributed by atoms with Crippen molar-refractivity contribution in [3.63, 3.8) is 0 Å². The van der Waals surface area contributed by atoms with Crippen LogP contribution in [0.4, 0.5) is 4.39 Å². The molecular formula is C10H12FNO. The monoisotopic (exact) mass is 181 g/mol. The third-order valence-electron chi connectivity index (χ3n) is 1.61. The molecule has 70 valence electrons. The number of hydrogen-bond acceptors (Lipinski definition) is 2. The van der Waals surface area contributed by atoms with E-state index in [1.165, 1.54) is 12.1 Å². The fourth-order valence-electron chi connectivity index (χ4n) is 1.07. The predicted octanol–water partition coefficient (Wildman–Crippen LogP) is 1.29. The molecule has 1 aromatic rings. The van der Waals surface area contributed by atoms with E-state index in [1.807, 2.05) is 0 Å². The van der Waals surface area contributed by atoms with Gasteiger partial charge in [-0.3, -0.25) is 0 Å². The van der Waals surface area contributed by atoms with Crippen LogP contribution in [0.25, 0.3) is 6.08 Å². The number of aliphatic hydroxyl groups is 1. The lowest BCUT2D eigenvalue weighted by molar-refractivity contribution is 0.281. The Balaban J connectivity index is 2.94. The molecule has 3 N–H and O–H groups in total. The van der Waals surface area contributed by atoms with Gasteiger partial charge in [0.15, 0.2) is 0 Å². The quantitative estimate of drug-likeness (QED) is 0.738. The van der Waals surface area contributed by atoms with Gasteiger partial charge in [0.1, 0.15) is 5.82 Å². The number of halogens is 1. The molecule has 0 saturated carbocycles. The standard InChI is InChI=1S/C10H12FNO/c11-10-5-8(2-1-3-12)4-9(6-10)7-13/h1-2,4-6,13H,3,7,12H2. The van der Waals surface area contributed by atoms with Crippen LogP contribution in [-0.2, 0) is 6.61 Å². The maximum Gasteiger partial charge on any atom is 0.124 e. The Kier molecular flexibility index (Phi) is 3.61. The Morgan fingerprint density at radius 1 is 1.38 bits per heavy atom. The molecule has 0 amide bonds. The molecule has 0 unspecified atom stereocenters. The van der Waals surface area contributed by atoms with Crippen LogP contribution in [0.3, 0.4) is 0 Å². The van der Waals surface area contributed by atoms with Crippen molar-refractivity contribution in [3.8, 4) is 0 Å². The van der Waals surface area contributed by atoms with Gasteiger partial charge in [-0.25, -0.2) is 4.39 Å². The minimum atomic E-state index is -0.344. The molecule has 3 heteroatoms. The van der Waals surface area contributed by atoms with Gasteiger partial charge in [-0.15, -0.1) is 0 Å². The van der Waals surface area contributed by atoms with Crippen molar-refractivity contribution in [2.24, 2.45) is 5.73 Å². The highest BCUT2D eigenvalue weighted by Gasteiger charge is 1.96. The summed E-state index contributed by atoms with van der Waals surface area (Å²) in [5.41, 5.74) is 6.54. The average molecular weight is 181 g/mol. The Hall–Kier alpha value is -1.19. The zero-order chi connectivity index (χ0) is 9.68. The first-order chi connectivity index (χ1) is 6.26. The smallest absolute Gasteiger partial charge is 0.124 e. The summed E-state index contributed by atoms with van der Waals surface area (Å²) in [4.78, 5) is 0. The molecule has 0 saturated heterocycles. The molecular weight excluding hydrogens is 169 g/mol. The molecule has 1 aromatic carbocycles. The molecule has 0 aromatic heterocycles. The van der Waals surface area contributed by atoms with Crippen molar-refractivity contribution in [1.82, 2.24) is 0 Å². The normalized spacial score (nSPS) is 11.0. The first-order valence-corrected chi connectivity index (χ1v) is 4.03. The lowest BCUT2D eigenvalue weighted by Crippen LogP contribution is -1.92. The first kappa shape index (κ1) is 9.89. The molecule has 0 radical (unpaired) electrons. The highest BCUT2D eigenvalue weighted by atomic mass is 19.1. The average Bonchev–Trinajstić information content (AvgIpc) is 2.14. The van der Waals surface area contributed by atoms with Crippen molar-refractivity contribution in [2.45, 2.75) is 6.61 Å². The number of hydrogen-bond donors (Lipinski definition) is 2. The fraction of sp³-hybridized carbons (Fsp3) is 0.200. The van der Waals surface area contributed by atoms with Crippen molar-refractivity contribution in [1.29, 1.82) is 0 Å². The van der Waals surface area contributed by atoms with Gasteiger partial charge in [0.25, 0.3) is 0 Å². The topological polar surface area (TPSA) is 46.2 Å². The second kappa shape index (κ2) is 4.74. The van der Waals surface area contributed by atoms with Crippen molar-refractivity contribution >= 4 is 6.08 Å². The van der Waals surface area contributed by atoms with Crippen LogP contribution in [0.5, 0.6) is 0 Å². The number of rotatable bonds is 3. The van der Waals surface area contributed by atoms with Crippen LogP contribution in [-0.4, -0.2) is 11.7 Å². The van der Waals surface area contributed by atoms with E-state index in [4.69, 9.17) is 10.8 Å². The fourth-order valence-corrected chi connectivity index (χ4v) is 1.07. The van der Waals surface area contributed by atoms with Crippen molar-refractivity contribution in [3.05, 3.63) is 41.2 Å². The molecule has 0 fully saturated rings. The minimum absolute atomic E-state index is 0.152. The van der Waals surface area contributed by atoms with Crippen molar-refractivity contribution < 1.29 is 9.50 Å². The number of nitrogens with two attached hydrogens (primary N) is 1. The highest BCUT2D eigenvalue weighted by molar-refractivity contribution is 5.50. The van der Waals surface area contributed by atoms with Gasteiger partial charge < -0.3 is 10.8 Å². The maximum absolute atomic E-state index is 12.9. The van der Waals surface area contributed by atoms with E-state index >= 15 is 0 Å². The summed E-state index contributed by atoms with van der Waals surface area (Å²) in [5.74, 6) is -0.344. The van der Waals surface area contributed by atoms with E-state index in [2.05, 4.69) is 0 Å². The summed E-state index contributed by atoms with van der Waals surface area (Å²) >= 11 is 0. The molecule has 13 heavy (non-hydrogen) atoms. The summed E-state index contributed by atoms with van der Waals surface area (Å²) < 4.78 is 12.9. The predicted molar refractivity (Wildman–Crippen MR) is 50.4 cm³/mol. The van der Waals surface area contributed by atoms with Crippen LogP contribution in [0, 0.1) is 5.82 Å². The van der Waals surface area contributed by atoms with Crippen LogP contribution in [0.2, 0.25) is 0 Å². The minimum Gasteiger partial charge on any atom is -0.392 e. The van der Waals surface area contributed by atoms with Crippen molar-refractivity contribution in [2.75, 3.05) is 6.54 Å². The maximum atomic E-state index is 12.9. The van der Waals surface area contributed by atoms with E-state index in [0.29, 0.717) is 12.1 Å². The molecule has 0 spiro atoms. The van der Waals surface area contributed by atoms with Gasteiger partial charge in [0, 0.05) is 6.54 Å². The van der Waals surface area contributed by atoms with Gasteiger partial charge in [0.2, 0.25) is 0 Å². The van der Waals surface area contributed by atoms with Gasteiger partial charge in [-0.05, 0) is 29.3 Å². The molecule has 0 aliphatic heterocycles. The highest BCUT2D eigenvalue weighted by Crippen LogP contribution is 2.10. The first-order valence-electron chi connectivity index (χ1n) is 4.03. The Morgan fingerprint density at radius 3 is 2.77 bits per heavy atom. The van der Waals surface area contributed by atoms with E-state index in [1.54, 1.807) is 18.2 Å². The zero-order valence-corrected chi connectivity index (χ0v) is 7.20. The van der Waals surface area contributed by atoms with Crippen LogP contribution in [0.1, 0.15) is 11.1 Å². The van der Waals surface area contributed by atoms with E-state index < -0.39 is 0 Å². The SMILES string of the molecule is NCC=Cc1cc(F)cc(CO)c1. The molecule has 1 rings (SSSR count). The van der Waals surface area contributed by atoms with Crippen LogP contribution >= 0.6 is 0 Å². The summed E-state index contributed by atoms with van der Waals surface area (Å²) in [6.45, 7) is 0.270. The van der Waals surface area contributed by atoms with E-state index in [-0.39, 0.29) is 12.4 Å². The molecule has 0 aliphatic carbocycles. The van der Waals surface area contributed by atoms with Gasteiger partial charge >= 0.3 is 0 Å². The third-order valence-corrected chi connectivity index (χ3v) is 1.61. The zero-order valence-electron chi connectivity index (χ0n) is 7.20. The van der Waals surface area contributed by atoms with Gasteiger partial charge in [-0.2, -0.15) is 0 Å². The van der Waals surface area contributed by atoms with E-state index in [0.717, 1.165) is 5.56 Å². The Bertz CT molecular complexity index is 310. The number of benzene rings is 1.